The van der Waals surface area contributed by atoms with E-state index in [0.29, 0.717) is 17.2 Å². The highest BCUT2D eigenvalue weighted by Gasteiger charge is 2.12. The predicted molar refractivity (Wildman–Crippen MR) is 66.3 cm³/mol. The van der Waals surface area contributed by atoms with E-state index in [1.807, 2.05) is 13.0 Å². The van der Waals surface area contributed by atoms with E-state index in [1.54, 1.807) is 26.5 Å². The van der Waals surface area contributed by atoms with E-state index in [0.717, 1.165) is 17.1 Å². The molecule has 0 amide bonds. The van der Waals surface area contributed by atoms with Crippen LogP contribution < -0.4 is 15.2 Å². The molecule has 0 unspecified atom stereocenters. The van der Waals surface area contributed by atoms with Gasteiger partial charge in [-0.25, -0.2) is 4.98 Å². The van der Waals surface area contributed by atoms with Gasteiger partial charge < -0.3 is 20.2 Å². The lowest BCUT2D eigenvalue weighted by molar-refractivity contribution is 0.355. The van der Waals surface area contributed by atoms with Crippen molar-refractivity contribution in [2.45, 2.75) is 6.92 Å². The third kappa shape index (κ3) is 2.04. The fraction of sp³-hybridized carbons (Fsp3) is 0.250. The maximum absolute atomic E-state index is 5.97. The molecule has 3 N–H and O–H groups in total. The minimum Gasteiger partial charge on any atom is -0.493 e. The van der Waals surface area contributed by atoms with Crippen molar-refractivity contribution < 1.29 is 9.47 Å². The molecule has 0 aliphatic heterocycles. The molecule has 0 spiro atoms. The van der Waals surface area contributed by atoms with Crippen molar-refractivity contribution in [2.75, 3.05) is 20.0 Å². The highest BCUT2D eigenvalue weighted by atomic mass is 16.5. The lowest BCUT2D eigenvalue weighted by Crippen LogP contribution is -1.96. The van der Waals surface area contributed by atoms with E-state index in [1.165, 1.54) is 0 Å². The first-order chi connectivity index (χ1) is 8.15. The molecule has 1 aromatic heterocycles. The largest absolute Gasteiger partial charge is 0.493 e. The summed E-state index contributed by atoms with van der Waals surface area (Å²) in [7, 11) is 3.17. The Kier molecular flexibility index (Phi) is 2.91. The molecular weight excluding hydrogens is 218 g/mol. The summed E-state index contributed by atoms with van der Waals surface area (Å²) in [5.41, 5.74) is 8.34. The average Bonchev–Trinajstić information content (AvgIpc) is 2.75. The molecule has 0 bridgehead atoms. The number of nitrogens with one attached hydrogen (secondary N) is 1. The van der Waals surface area contributed by atoms with E-state index < -0.39 is 0 Å². The number of aromatic amines is 1. The van der Waals surface area contributed by atoms with Crippen LogP contribution in [0.3, 0.4) is 0 Å². The SMILES string of the molecule is COc1cc(N)c(-c2ncc(C)[nH]2)cc1OC. The fourth-order valence-corrected chi connectivity index (χ4v) is 1.65. The van der Waals surface area contributed by atoms with Crippen molar-refractivity contribution in [3.63, 3.8) is 0 Å². The molecule has 2 aromatic rings. The molecule has 0 radical (unpaired) electrons. The Morgan fingerprint density at radius 2 is 1.82 bits per heavy atom. The second kappa shape index (κ2) is 4.37. The van der Waals surface area contributed by atoms with Gasteiger partial charge >= 0.3 is 0 Å². The van der Waals surface area contributed by atoms with Crippen LogP contribution in [0, 0.1) is 6.92 Å². The Morgan fingerprint density at radius 1 is 1.18 bits per heavy atom. The number of nitrogens with zero attached hydrogens (tertiary/aromatic N) is 1. The number of aryl methyl sites for hydroxylation is 1. The van der Waals surface area contributed by atoms with Crippen molar-refractivity contribution in [1.29, 1.82) is 0 Å². The first-order valence-corrected chi connectivity index (χ1v) is 5.19. The number of aromatic nitrogens is 2. The normalized spacial score (nSPS) is 10.3. The van der Waals surface area contributed by atoms with Crippen LogP contribution in [-0.4, -0.2) is 24.2 Å². The van der Waals surface area contributed by atoms with Gasteiger partial charge in [0.15, 0.2) is 11.5 Å². The minimum absolute atomic E-state index is 0.594. The highest BCUT2D eigenvalue weighted by molar-refractivity contribution is 5.76. The van der Waals surface area contributed by atoms with Crippen LogP contribution in [0.4, 0.5) is 5.69 Å². The van der Waals surface area contributed by atoms with Crippen LogP contribution in [0.15, 0.2) is 18.3 Å². The molecule has 0 saturated carbocycles. The molecule has 1 heterocycles. The average molecular weight is 233 g/mol. The van der Waals surface area contributed by atoms with Crippen molar-refractivity contribution in [3.05, 3.63) is 24.0 Å². The van der Waals surface area contributed by atoms with Gasteiger partial charge in [0.2, 0.25) is 0 Å². The molecule has 0 fully saturated rings. The second-order valence-electron chi connectivity index (χ2n) is 3.71. The Bertz CT molecular complexity index is 535. The van der Waals surface area contributed by atoms with Crippen LogP contribution >= 0.6 is 0 Å². The molecule has 0 aliphatic carbocycles. The predicted octanol–water partition coefficient (Wildman–Crippen LogP) is 1.98. The fourth-order valence-electron chi connectivity index (χ4n) is 1.65. The monoisotopic (exact) mass is 233 g/mol. The van der Waals surface area contributed by atoms with E-state index in [2.05, 4.69) is 9.97 Å². The third-order valence-corrected chi connectivity index (χ3v) is 2.51. The molecule has 90 valence electrons. The van der Waals surface area contributed by atoms with E-state index in [4.69, 9.17) is 15.2 Å². The van der Waals surface area contributed by atoms with Gasteiger partial charge in [-0.2, -0.15) is 0 Å². The Balaban J connectivity index is 2.55. The Labute approximate surface area is 99.6 Å². The molecule has 0 aliphatic rings. The standard InChI is InChI=1S/C12H15N3O2/c1-7-6-14-12(15-7)8-4-10(16-2)11(17-3)5-9(8)13/h4-6H,13H2,1-3H3,(H,14,15). The molecule has 1 aromatic carbocycles. The molecule has 0 saturated heterocycles. The first kappa shape index (κ1) is 11.3. The molecule has 0 atom stereocenters. The first-order valence-electron chi connectivity index (χ1n) is 5.19. The van der Waals surface area contributed by atoms with Gasteiger partial charge in [0.25, 0.3) is 0 Å². The summed E-state index contributed by atoms with van der Waals surface area (Å²) in [6.45, 7) is 1.94. The molecule has 5 nitrogen and oxygen atoms in total. The van der Waals surface area contributed by atoms with E-state index >= 15 is 0 Å². The van der Waals surface area contributed by atoms with Crippen molar-refractivity contribution in [3.8, 4) is 22.9 Å². The second-order valence-corrected chi connectivity index (χ2v) is 3.71. The summed E-state index contributed by atoms with van der Waals surface area (Å²) in [5, 5.41) is 0. The molecule has 5 heteroatoms. The number of methoxy groups -OCH3 is 2. The number of hydrogen-bond donors (Lipinski definition) is 2. The minimum atomic E-state index is 0.594. The number of rotatable bonds is 3. The summed E-state index contributed by atoms with van der Waals surface area (Å²) in [4.78, 5) is 7.38. The van der Waals surface area contributed by atoms with Gasteiger partial charge in [-0.05, 0) is 13.0 Å². The quantitative estimate of drug-likeness (QED) is 0.795. The van der Waals surface area contributed by atoms with E-state index in [9.17, 15) is 0 Å². The van der Waals surface area contributed by atoms with Gasteiger partial charge in [-0.1, -0.05) is 0 Å². The van der Waals surface area contributed by atoms with Gasteiger partial charge in [0, 0.05) is 29.2 Å². The van der Waals surface area contributed by atoms with Gasteiger partial charge in [-0.3, -0.25) is 0 Å². The number of H-pyrrole nitrogens is 1. The molecule has 2 rings (SSSR count). The van der Waals surface area contributed by atoms with Gasteiger partial charge in [0.05, 0.1) is 14.2 Å². The summed E-state index contributed by atoms with van der Waals surface area (Å²) >= 11 is 0. The number of imidazole rings is 1. The zero-order chi connectivity index (χ0) is 12.4. The highest BCUT2D eigenvalue weighted by Crippen LogP contribution is 2.35. The topological polar surface area (TPSA) is 73.2 Å². The number of hydrogen-bond acceptors (Lipinski definition) is 4. The zero-order valence-corrected chi connectivity index (χ0v) is 10.1. The van der Waals surface area contributed by atoms with Crippen LogP contribution in [0.1, 0.15) is 5.69 Å². The number of anilines is 1. The number of nitrogen functional groups attached to an aromatic ring is 1. The number of benzene rings is 1. The van der Waals surface area contributed by atoms with Crippen LogP contribution in [-0.2, 0) is 0 Å². The van der Waals surface area contributed by atoms with Crippen molar-refractivity contribution >= 4 is 5.69 Å². The Hall–Kier alpha value is -2.17. The lowest BCUT2D eigenvalue weighted by Gasteiger charge is -2.11. The lowest BCUT2D eigenvalue weighted by atomic mass is 10.1. The summed E-state index contributed by atoms with van der Waals surface area (Å²) in [6.07, 6.45) is 1.76. The summed E-state index contributed by atoms with van der Waals surface area (Å²) in [5.74, 6) is 1.96. The summed E-state index contributed by atoms with van der Waals surface area (Å²) in [6, 6.07) is 3.54. The van der Waals surface area contributed by atoms with E-state index in [-0.39, 0.29) is 0 Å². The maximum atomic E-state index is 5.97. The summed E-state index contributed by atoms with van der Waals surface area (Å²) < 4.78 is 10.4. The van der Waals surface area contributed by atoms with Crippen LogP contribution in [0.25, 0.3) is 11.4 Å². The maximum Gasteiger partial charge on any atom is 0.162 e. The van der Waals surface area contributed by atoms with Crippen molar-refractivity contribution in [1.82, 2.24) is 9.97 Å². The van der Waals surface area contributed by atoms with Gasteiger partial charge in [0.1, 0.15) is 5.82 Å². The third-order valence-electron chi connectivity index (χ3n) is 2.51. The number of nitrogens with two attached hydrogens (primary N) is 1. The van der Waals surface area contributed by atoms with Gasteiger partial charge in [-0.15, -0.1) is 0 Å². The van der Waals surface area contributed by atoms with Crippen molar-refractivity contribution in [2.24, 2.45) is 0 Å². The van der Waals surface area contributed by atoms with Crippen LogP contribution in [0.2, 0.25) is 0 Å². The van der Waals surface area contributed by atoms with Crippen LogP contribution in [0.5, 0.6) is 11.5 Å². The molecule has 17 heavy (non-hydrogen) atoms. The zero-order valence-electron chi connectivity index (χ0n) is 10.1. The Morgan fingerprint density at radius 3 is 2.35 bits per heavy atom. The smallest absolute Gasteiger partial charge is 0.162 e. The molecular formula is C12H15N3O2. The number of ether oxygens (including phenoxy) is 2.